The number of hydrogen-bond acceptors (Lipinski definition) is 7. The molecule has 0 aromatic carbocycles. The smallest absolute Gasteiger partial charge is 1.00 e. The van der Waals surface area contributed by atoms with Crippen LogP contribution in [0.25, 0.3) is 0 Å². The standard InChI is InChI=1S/C10H17NO4.C9H17NO3.B.Li.H/c1-9(2,3)15-8(13)11-10(5-6-10)7(12)14-4;1-8(2,3)13-7(12)10-9(6-11)4-5-9;;;/h5-6H2,1-4H3,(H,11,13);11H,4-6H2,1-3H3,(H,10,12);;;/q;;;+1;-1. The fraction of sp³-hybridized carbons (Fsp3) is 0.842. The molecule has 0 heterocycles. The number of aliphatic hydroxyl groups is 1. The largest absolute Gasteiger partial charge is 1.00 e. The van der Waals surface area contributed by atoms with Gasteiger partial charge >= 0.3 is 37.0 Å². The summed E-state index contributed by atoms with van der Waals surface area (Å²) in [5.41, 5.74) is -2.26. The van der Waals surface area contributed by atoms with Crippen LogP contribution in [0.4, 0.5) is 9.59 Å². The van der Waals surface area contributed by atoms with Crippen molar-refractivity contribution in [3.05, 3.63) is 0 Å². The van der Waals surface area contributed by atoms with Gasteiger partial charge in [-0.1, -0.05) is 0 Å². The Morgan fingerprint density at radius 2 is 1.30 bits per heavy atom. The van der Waals surface area contributed by atoms with E-state index in [4.69, 9.17) is 14.6 Å². The molecule has 2 aliphatic rings. The molecule has 11 heteroatoms. The number of rotatable bonds is 4. The fourth-order valence-electron chi connectivity index (χ4n) is 2.19. The molecule has 2 fully saturated rings. The number of ether oxygens (including phenoxy) is 3. The van der Waals surface area contributed by atoms with Gasteiger partial charge in [-0.15, -0.1) is 0 Å². The molecule has 3 N–H and O–H groups in total. The van der Waals surface area contributed by atoms with E-state index in [0.29, 0.717) is 12.8 Å². The molecule has 9 nitrogen and oxygen atoms in total. The number of nitrogens with one attached hydrogen (secondary N) is 2. The van der Waals surface area contributed by atoms with E-state index in [2.05, 4.69) is 15.4 Å². The number of methoxy groups -OCH3 is 1. The average molecular weight is 421 g/mol. The van der Waals surface area contributed by atoms with Crippen molar-refractivity contribution in [2.75, 3.05) is 13.7 Å². The number of aliphatic hydroxyl groups excluding tert-OH is 1. The van der Waals surface area contributed by atoms with Gasteiger partial charge in [0.1, 0.15) is 16.7 Å². The van der Waals surface area contributed by atoms with Gasteiger partial charge in [-0.25, -0.2) is 14.4 Å². The maximum atomic E-state index is 11.4. The summed E-state index contributed by atoms with van der Waals surface area (Å²) in [6.07, 6.45) is 1.87. The first kappa shape index (κ1) is 30.8. The van der Waals surface area contributed by atoms with Crippen LogP contribution in [0.5, 0.6) is 0 Å². The van der Waals surface area contributed by atoms with Crippen molar-refractivity contribution in [2.45, 2.75) is 89.5 Å². The van der Waals surface area contributed by atoms with Gasteiger partial charge in [0.2, 0.25) is 0 Å². The molecule has 2 amide bonds. The van der Waals surface area contributed by atoms with Gasteiger partial charge in [-0.2, -0.15) is 0 Å². The van der Waals surface area contributed by atoms with Gasteiger partial charge < -0.3 is 31.4 Å². The van der Waals surface area contributed by atoms with E-state index in [1.54, 1.807) is 20.8 Å². The predicted octanol–water partition coefficient (Wildman–Crippen LogP) is -1.01. The van der Waals surface area contributed by atoms with E-state index in [0.717, 1.165) is 12.8 Å². The molecular formula is C19H35BLiN2O7. The zero-order valence-corrected chi connectivity index (χ0v) is 19.5. The van der Waals surface area contributed by atoms with E-state index in [1.807, 2.05) is 20.8 Å². The summed E-state index contributed by atoms with van der Waals surface area (Å²) in [6, 6.07) is 0. The number of alkyl carbamates (subject to hydrolysis) is 2. The van der Waals surface area contributed by atoms with Crippen molar-refractivity contribution in [1.29, 1.82) is 0 Å². The van der Waals surface area contributed by atoms with E-state index in [-0.39, 0.29) is 40.8 Å². The van der Waals surface area contributed by atoms with E-state index >= 15 is 0 Å². The maximum Gasteiger partial charge on any atom is 1.00 e. The normalized spacial score (nSPS) is 17.3. The second-order valence-electron chi connectivity index (χ2n) is 9.27. The van der Waals surface area contributed by atoms with Gasteiger partial charge in [-0.05, 0) is 67.2 Å². The molecule has 0 saturated heterocycles. The van der Waals surface area contributed by atoms with Crippen LogP contribution in [-0.4, -0.2) is 67.7 Å². The van der Waals surface area contributed by atoms with Crippen molar-refractivity contribution in [2.24, 2.45) is 0 Å². The van der Waals surface area contributed by atoms with Gasteiger partial charge in [0.25, 0.3) is 0 Å². The Balaban J connectivity index is -0.000000465. The summed E-state index contributed by atoms with van der Waals surface area (Å²) in [5, 5.41) is 14.1. The molecule has 30 heavy (non-hydrogen) atoms. The molecular weight excluding hydrogens is 386 g/mol. The third-order valence-electron chi connectivity index (χ3n) is 3.99. The van der Waals surface area contributed by atoms with Gasteiger partial charge in [-0.3, -0.25) is 0 Å². The minimum Gasteiger partial charge on any atom is -1.00 e. The second-order valence-corrected chi connectivity index (χ2v) is 9.27. The van der Waals surface area contributed by atoms with E-state index in [1.165, 1.54) is 7.11 Å². The zero-order chi connectivity index (χ0) is 21.8. The number of carbonyl (C=O) groups is 3. The molecule has 2 rings (SSSR count). The first-order chi connectivity index (χ1) is 12.7. The van der Waals surface area contributed by atoms with Crippen LogP contribution >= 0.6 is 0 Å². The summed E-state index contributed by atoms with van der Waals surface area (Å²) in [6.45, 7) is 10.7. The third-order valence-corrected chi connectivity index (χ3v) is 3.99. The van der Waals surface area contributed by atoms with Crippen LogP contribution in [0, 0.1) is 0 Å². The first-order valence-corrected chi connectivity index (χ1v) is 9.38. The number of carbonyl (C=O) groups excluding carboxylic acids is 3. The van der Waals surface area contributed by atoms with Crippen molar-refractivity contribution >= 4 is 26.6 Å². The van der Waals surface area contributed by atoms with Gasteiger partial charge in [0.15, 0.2) is 0 Å². The quantitative estimate of drug-likeness (QED) is 0.302. The Bertz CT molecular complexity index is 601. The second kappa shape index (κ2) is 11.3. The van der Waals surface area contributed by atoms with Crippen LogP contribution in [0.3, 0.4) is 0 Å². The summed E-state index contributed by atoms with van der Waals surface area (Å²) < 4.78 is 14.7. The average Bonchev–Trinajstić information content (AvgIpc) is 3.41. The monoisotopic (exact) mass is 421 g/mol. The molecule has 2 aliphatic carbocycles. The van der Waals surface area contributed by atoms with Crippen molar-refractivity contribution in [3.8, 4) is 0 Å². The third kappa shape index (κ3) is 11.1. The Kier molecular flexibility index (Phi) is 11.6. The van der Waals surface area contributed by atoms with Crippen LogP contribution in [0.2, 0.25) is 0 Å². The SMILES string of the molecule is CC(C)(C)OC(=O)NC1(CO)CC1.COC(=O)C1(NC(=O)OC(C)(C)C)CC1.[B].[H-].[Li+]. The Morgan fingerprint density at radius 1 is 0.900 bits per heavy atom. The van der Waals surface area contributed by atoms with Crippen molar-refractivity contribution in [1.82, 2.24) is 10.6 Å². The van der Waals surface area contributed by atoms with E-state index < -0.39 is 34.9 Å². The zero-order valence-electron chi connectivity index (χ0n) is 20.5. The molecule has 0 atom stereocenters. The Hall–Kier alpha value is -1.37. The first-order valence-electron chi connectivity index (χ1n) is 9.38. The summed E-state index contributed by atoms with van der Waals surface area (Å²) >= 11 is 0. The van der Waals surface area contributed by atoms with Gasteiger partial charge in [0, 0.05) is 8.41 Å². The number of amides is 2. The molecule has 2 saturated carbocycles. The number of hydrogen-bond donors (Lipinski definition) is 3. The summed E-state index contributed by atoms with van der Waals surface area (Å²) in [7, 11) is 1.30. The molecule has 0 bridgehead atoms. The maximum absolute atomic E-state index is 11.4. The molecule has 0 aromatic heterocycles. The van der Waals surface area contributed by atoms with Crippen LogP contribution in [-0.2, 0) is 19.0 Å². The number of esters is 1. The summed E-state index contributed by atoms with van der Waals surface area (Å²) in [4.78, 5) is 33.9. The molecule has 167 valence electrons. The van der Waals surface area contributed by atoms with Crippen molar-refractivity contribution < 1.29 is 54.0 Å². The van der Waals surface area contributed by atoms with Gasteiger partial charge in [0.05, 0.1) is 19.3 Å². The minimum absolute atomic E-state index is 0. The molecule has 0 aliphatic heterocycles. The van der Waals surface area contributed by atoms with E-state index in [9.17, 15) is 14.4 Å². The van der Waals surface area contributed by atoms with Crippen LogP contribution < -0.4 is 29.5 Å². The fourth-order valence-corrected chi connectivity index (χ4v) is 2.19. The minimum atomic E-state index is -0.836. The Labute approximate surface area is 194 Å². The van der Waals surface area contributed by atoms with Crippen LogP contribution in [0.1, 0.15) is 68.7 Å². The van der Waals surface area contributed by atoms with Crippen molar-refractivity contribution in [3.63, 3.8) is 0 Å². The topological polar surface area (TPSA) is 123 Å². The molecule has 3 radical (unpaired) electrons. The molecule has 0 spiro atoms. The molecule has 0 aromatic rings. The van der Waals surface area contributed by atoms with Crippen LogP contribution in [0.15, 0.2) is 0 Å². The predicted molar refractivity (Wildman–Crippen MR) is 109 cm³/mol. The Morgan fingerprint density at radius 3 is 1.57 bits per heavy atom. The summed E-state index contributed by atoms with van der Waals surface area (Å²) in [5.74, 6) is -0.409. The molecule has 0 unspecified atom stereocenters.